The van der Waals surface area contributed by atoms with Crippen molar-refractivity contribution >= 4 is 0 Å². The number of phenolic OH excluding ortho intramolecular Hbond substituents is 1. The second kappa shape index (κ2) is 7.33. The van der Waals surface area contributed by atoms with Crippen LogP contribution in [0.25, 0.3) is 11.1 Å². The maximum atomic E-state index is 10.9. The number of ether oxygens (including phenoxy) is 2. The van der Waals surface area contributed by atoms with Gasteiger partial charge in [-0.1, -0.05) is 36.4 Å². The second-order valence-corrected chi connectivity index (χ2v) is 11.5. The van der Waals surface area contributed by atoms with E-state index < -0.39 is 5.60 Å². The molecule has 0 amide bonds. The summed E-state index contributed by atoms with van der Waals surface area (Å²) in [7, 11) is 0. The fourth-order valence-electron chi connectivity index (χ4n) is 8.13. The number of nitrogens with zero attached hydrogens (tertiary/aromatic N) is 2. The van der Waals surface area contributed by atoms with Crippen molar-refractivity contribution in [1.82, 2.24) is 9.88 Å². The van der Waals surface area contributed by atoms with Crippen LogP contribution in [0.15, 0.2) is 54.7 Å². The van der Waals surface area contributed by atoms with Gasteiger partial charge in [-0.2, -0.15) is 0 Å². The number of pyridine rings is 1. The smallest absolute Gasteiger partial charge is 0.166 e. The first-order chi connectivity index (χ1) is 17.6. The summed E-state index contributed by atoms with van der Waals surface area (Å²) in [6.45, 7) is 5.00. The van der Waals surface area contributed by atoms with Gasteiger partial charge in [0.1, 0.15) is 5.60 Å². The molecular weight excluding hydrogens is 448 g/mol. The van der Waals surface area contributed by atoms with Crippen molar-refractivity contribution in [2.75, 3.05) is 19.7 Å². The molecule has 2 fully saturated rings. The molecule has 1 saturated carbocycles. The number of benzene rings is 2. The zero-order valence-electron chi connectivity index (χ0n) is 20.7. The number of phenols is 1. The molecule has 5 heteroatoms. The first-order valence-electron chi connectivity index (χ1n) is 13.6. The van der Waals surface area contributed by atoms with E-state index in [1.807, 2.05) is 12.3 Å². The van der Waals surface area contributed by atoms with Gasteiger partial charge >= 0.3 is 0 Å². The monoisotopic (exact) mass is 480 g/mol. The van der Waals surface area contributed by atoms with Crippen LogP contribution in [0, 0.1) is 5.92 Å². The summed E-state index contributed by atoms with van der Waals surface area (Å²) in [6.07, 6.45) is 7.18. The lowest BCUT2D eigenvalue weighted by atomic mass is 9.48. The summed E-state index contributed by atoms with van der Waals surface area (Å²) >= 11 is 0. The largest absolute Gasteiger partial charge is 0.504 e. The van der Waals surface area contributed by atoms with E-state index in [9.17, 15) is 5.11 Å². The maximum absolute atomic E-state index is 10.9. The van der Waals surface area contributed by atoms with Crippen LogP contribution in [0.4, 0.5) is 0 Å². The molecule has 2 bridgehead atoms. The Morgan fingerprint density at radius 2 is 1.97 bits per heavy atom. The molecule has 1 spiro atoms. The van der Waals surface area contributed by atoms with Crippen LogP contribution in [0.2, 0.25) is 0 Å². The highest BCUT2D eigenvalue weighted by molar-refractivity contribution is 5.67. The first-order valence-corrected chi connectivity index (χ1v) is 13.6. The number of rotatable bonds is 5. The molecule has 8 rings (SSSR count). The Balaban J connectivity index is 1.37. The number of hydrogen-bond donors (Lipinski definition) is 1. The van der Waals surface area contributed by atoms with Crippen LogP contribution >= 0.6 is 0 Å². The molecule has 1 N–H and O–H groups in total. The molecule has 2 aromatic carbocycles. The quantitative estimate of drug-likeness (QED) is 0.544. The predicted molar refractivity (Wildman–Crippen MR) is 137 cm³/mol. The van der Waals surface area contributed by atoms with Crippen LogP contribution in [0.3, 0.4) is 0 Å². The van der Waals surface area contributed by atoms with E-state index in [-0.39, 0.29) is 23.3 Å². The molecule has 0 radical (unpaired) electrons. The van der Waals surface area contributed by atoms with Gasteiger partial charge < -0.3 is 14.6 Å². The highest BCUT2D eigenvalue weighted by atomic mass is 16.5. The normalized spacial score (nSPS) is 31.5. The van der Waals surface area contributed by atoms with Crippen molar-refractivity contribution in [3.63, 3.8) is 0 Å². The molecule has 2 aliphatic heterocycles. The molecule has 3 aromatic rings. The van der Waals surface area contributed by atoms with Gasteiger partial charge in [-0.3, -0.25) is 9.88 Å². The van der Waals surface area contributed by atoms with Crippen LogP contribution in [0.1, 0.15) is 54.7 Å². The molecule has 5 aliphatic rings. The Hall–Kier alpha value is -2.89. The van der Waals surface area contributed by atoms with E-state index in [1.165, 1.54) is 35.1 Å². The minimum absolute atomic E-state index is 0.240. The van der Waals surface area contributed by atoms with Crippen LogP contribution in [-0.4, -0.2) is 46.3 Å². The van der Waals surface area contributed by atoms with Crippen molar-refractivity contribution in [1.29, 1.82) is 0 Å². The highest BCUT2D eigenvalue weighted by Gasteiger charge is 2.73. The highest BCUT2D eigenvalue weighted by Crippen LogP contribution is 2.69. The molecule has 3 heterocycles. The molecular formula is C31H32N2O3. The Morgan fingerprint density at radius 1 is 1.11 bits per heavy atom. The van der Waals surface area contributed by atoms with Gasteiger partial charge in [-0.15, -0.1) is 0 Å². The molecule has 5 nitrogen and oxygen atoms in total. The van der Waals surface area contributed by atoms with Gasteiger partial charge in [0.15, 0.2) is 17.6 Å². The Labute approximate surface area is 212 Å². The average Bonchev–Trinajstić information content (AvgIpc) is 3.64. The number of fused-ring (bicyclic) bond motifs is 2. The number of aromatic nitrogens is 1. The summed E-state index contributed by atoms with van der Waals surface area (Å²) in [5.74, 6) is 1.73. The third kappa shape index (κ3) is 2.60. The minimum Gasteiger partial charge on any atom is -0.504 e. The summed E-state index contributed by atoms with van der Waals surface area (Å²) in [5.41, 5.74) is 6.32. The second-order valence-electron chi connectivity index (χ2n) is 11.5. The summed E-state index contributed by atoms with van der Waals surface area (Å²) in [5, 5.41) is 10.9. The SMILES string of the molecule is CCO[C@@]12Cc3cc(-c4ccccc4)cnc3[C@@H]3Oc4c(O)ccc5c4[C@@]31CCN(CC1CC1)[C@@H]2C5. The lowest BCUT2D eigenvalue weighted by molar-refractivity contribution is -0.203. The van der Waals surface area contributed by atoms with Gasteiger partial charge in [0.2, 0.25) is 0 Å². The van der Waals surface area contributed by atoms with E-state index in [0.717, 1.165) is 49.5 Å². The average molecular weight is 481 g/mol. The number of hydrogen-bond acceptors (Lipinski definition) is 5. The zero-order chi connectivity index (χ0) is 24.1. The predicted octanol–water partition coefficient (Wildman–Crippen LogP) is 5.20. The van der Waals surface area contributed by atoms with Gasteiger partial charge in [-0.25, -0.2) is 0 Å². The van der Waals surface area contributed by atoms with Gasteiger partial charge in [-0.05, 0) is 73.9 Å². The van der Waals surface area contributed by atoms with Gasteiger partial charge in [0, 0.05) is 42.9 Å². The molecule has 4 atom stereocenters. The minimum atomic E-state index is -0.407. The molecule has 36 heavy (non-hydrogen) atoms. The fraction of sp³-hybridized carbons (Fsp3) is 0.452. The Morgan fingerprint density at radius 3 is 2.78 bits per heavy atom. The first kappa shape index (κ1) is 21.2. The zero-order valence-corrected chi connectivity index (χ0v) is 20.7. The van der Waals surface area contributed by atoms with Crippen molar-refractivity contribution in [3.8, 4) is 22.6 Å². The molecule has 184 valence electrons. The van der Waals surface area contributed by atoms with E-state index >= 15 is 0 Å². The van der Waals surface area contributed by atoms with Crippen LogP contribution in [-0.2, 0) is 23.0 Å². The summed E-state index contributed by atoms with van der Waals surface area (Å²) < 4.78 is 13.8. The van der Waals surface area contributed by atoms with Crippen molar-refractivity contribution < 1.29 is 14.6 Å². The number of likely N-dealkylation sites (tertiary alicyclic amines) is 1. The van der Waals surface area contributed by atoms with Crippen molar-refractivity contribution in [2.45, 2.75) is 62.2 Å². The molecule has 1 saturated heterocycles. The van der Waals surface area contributed by atoms with E-state index in [0.29, 0.717) is 12.4 Å². The van der Waals surface area contributed by atoms with Crippen LogP contribution in [0.5, 0.6) is 11.5 Å². The summed E-state index contributed by atoms with van der Waals surface area (Å²) in [4.78, 5) is 7.81. The van der Waals surface area contributed by atoms with Crippen molar-refractivity contribution in [2.24, 2.45) is 5.92 Å². The topological polar surface area (TPSA) is 54.8 Å². The van der Waals surface area contributed by atoms with E-state index in [4.69, 9.17) is 14.5 Å². The number of aromatic hydroxyl groups is 1. The van der Waals surface area contributed by atoms with Crippen molar-refractivity contribution in [3.05, 3.63) is 77.1 Å². The third-order valence-electron chi connectivity index (χ3n) is 9.69. The molecule has 0 unspecified atom stereocenters. The number of piperidine rings is 1. The lowest BCUT2D eigenvalue weighted by Crippen LogP contribution is -2.75. The fourth-order valence-corrected chi connectivity index (χ4v) is 8.13. The van der Waals surface area contributed by atoms with E-state index in [1.54, 1.807) is 0 Å². The Kier molecular flexibility index (Phi) is 4.32. The summed E-state index contributed by atoms with van der Waals surface area (Å²) in [6, 6.07) is 17.0. The third-order valence-corrected chi connectivity index (χ3v) is 9.69. The lowest BCUT2D eigenvalue weighted by Gasteiger charge is -2.64. The van der Waals surface area contributed by atoms with Crippen LogP contribution < -0.4 is 4.74 Å². The van der Waals surface area contributed by atoms with Gasteiger partial charge in [0.05, 0.1) is 11.1 Å². The van der Waals surface area contributed by atoms with Gasteiger partial charge in [0.25, 0.3) is 0 Å². The molecule has 3 aliphatic carbocycles. The van der Waals surface area contributed by atoms with E-state index in [2.05, 4.69) is 54.3 Å². The molecule has 1 aromatic heterocycles. The maximum Gasteiger partial charge on any atom is 0.166 e. The Bertz CT molecular complexity index is 1370. The standard InChI is InChI=1S/C31H32N2O3/c1-2-35-31-16-22-14-23(20-6-4-3-5-7-20)17-32-27(22)29-30(31)12-13-33(18-19-8-9-19)25(31)15-21-10-11-24(34)28(36-29)26(21)30/h3-7,10-11,14,17,19,25,29,34H,2,8-9,12-13,15-16,18H2,1H3/t25-,29+,30+,31-/m1/s1.